The highest BCUT2D eigenvalue weighted by molar-refractivity contribution is 6.27. The third kappa shape index (κ3) is 9.81. The van der Waals surface area contributed by atoms with E-state index in [-0.39, 0.29) is 59.8 Å². The summed E-state index contributed by atoms with van der Waals surface area (Å²) in [6.07, 6.45) is 1.98. The van der Waals surface area contributed by atoms with Crippen molar-refractivity contribution in [3.8, 4) is 0 Å². The summed E-state index contributed by atoms with van der Waals surface area (Å²) in [7, 11) is 8.53. The SMILES string of the molecule is CC[C@H](C)C(C(CC(=O)N1CCC[C@H]1C(OC)C(C)C(=O)C=N)OC)N(C)C(=O)C(NC(=O)C(C(C)C)N(C)C)C(C)C. The molecule has 0 radical (unpaired) electrons. The van der Waals surface area contributed by atoms with Crippen LogP contribution in [0.4, 0.5) is 0 Å². The molecule has 0 aromatic rings. The Bertz CT molecular complexity index is 933. The molecule has 0 aromatic carbocycles. The summed E-state index contributed by atoms with van der Waals surface area (Å²) in [5, 5.41) is 10.4. The van der Waals surface area contributed by atoms with Gasteiger partial charge in [-0.3, -0.25) is 24.1 Å². The molecular weight excluding hydrogens is 550 g/mol. The number of nitrogens with one attached hydrogen (secondary N) is 2. The van der Waals surface area contributed by atoms with Crippen LogP contribution in [-0.4, -0.2) is 123 Å². The lowest BCUT2D eigenvalue weighted by molar-refractivity contribution is -0.147. The minimum absolute atomic E-state index is 0.00624. The van der Waals surface area contributed by atoms with Crippen molar-refractivity contribution >= 4 is 29.7 Å². The molecule has 11 heteroatoms. The molecule has 6 unspecified atom stereocenters. The van der Waals surface area contributed by atoms with Crippen LogP contribution in [-0.2, 0) is 28.7 Å². The third-order valence-electron chi connectivity index (χ3n) is 9.12. The highest BCUT2D eigenvalue weighted by Gasteiger charge is 2.42. The van der Waals surface area contributed by atoms with Gasteiger partial charge in [-0.05, 0) is 44.7 Å². The van der Waals surface area contributed by atoms with E-state index < -0.39 is 30.2 Å². The van der Waals surface area contributed by atoms with E-state index in [1.807, 2.05) is 60.5 Å². The Kier molecular flexibility index (Phi) is 16.0. The zero-order chi connectivity index (χ0) is 33.2. The van der Waals surface area contributed by atoms with Crippen LogP contribution in [0.25, 0.3) is 0 Å². The van der Waals surface area contributed by atoms with Gasteiger partial charge in [0.15, 0.2) is 5.78 Å². The van der Waals surface area contributed by atoms with E-state index in [9.17, 15) is 19.2 Å². The number of carbonyl (C=O) groups excluding carboxylic acids is 4. The third-order valence-corrected chi connectivity index (χ3v) is 9.12. The molecule has 0 aliphatic carbocycles. The molecule has 0 saturated carbocycles. The molecule has 1 aliphatic rings. The number of ether oxygens (including phenoxy) is 2. The van der Waals surface area contributed by atoms with E-state index in [1.54, 1.807) is 30.9 Å². The second kappa shape index (κ2) is 17.8. The van der Waals surface area contributed by atoms with Crippen LogP contribution < -0.4 is 5.32 Å². The van der Waals surface area contributed by atoms with E-state index in [1.165, 1.54) is 7.11 Å². The Morgan fingerprint density at radius 3 is 2.05 bits per heavy atom. The van der Waals surface area contributed by atoms with Gasteiger partial charge in [0.25, 0.3) is 0 Å². The van der Waals surface area contributed by atoms with Gasteiger partial charge in [-0.25, -0.2) is 0 Å². The standard InChI is InChI=1S/C32H59N5O6/c1-13-21(6)29(36(10)32(41)27(19(2)3)34-31(40)28(20(4)5)35(8)9)25(42-11)17-26(39)37-16-14-15-23(37)30(43-12)22(7)24(38)18-33/h18-23,25,27-30,33H,13-17H2,1-12H3,(H,34,40)/t21-,22?,23-,25?,27?,28?,29?,30?/m0/s1. The van der Waals surface area contributed by atoms with E-state index >= 15 is 0 Å². The van der Waals surface area contributed by atoms with Crippen molar-refractivity contribution in [3.05, 3.63) is 0 Å². The smallest absolute Gasteiger partial charge is 0.245 e. The molecule has 0 aromatic heterocycles. The Balaban J connectivity index is 3.27. The zero-order valence-corrected chi connectivity index (χ0v) is 28.7. The van der Waals surface area contributed by atoms with Gasteiger partial charge in [-0.1, -0.05) is 54.9 Å². The first-order valence-corrected chi connectivity index (χ1v) is 15.7. The van der Waals surface area contributed by atoms with Crippen LogP contribution in [0.2, 0.25) is 0 Å². The maximum atomic E-state index is 14.0. The van der Waals surface area contributed by atoms with Gasteiger partial charge in [-0.15, -0.1) is 0 Å². The fourth-order valence-corrected chi connectivity index (χ4v) is 6.56. The van der Waals surface area contributed by atoms with Crippen LogP contribution in [0.3, 0.4) is 0 Å². The van der Waals surface area contributed by atoms with Gasteiger partial charge in [0.1, 0.15) is 6.04 Å². The normalized spacial score (nSPS) is 20.3. The van der Waals surface area contributed by atoms with Gasteiger partial charge in [0.05, 0.1) is 43.0 Å². The zero-order valence-electron chi connectivity index (χ0n) is 28.7. The molecule has 248 valence electrons. The lowest BCUT2D eigenvalue weighted by Crippen LogP contribution is -2.59. The number of methoxy groups -OCH3 is 2. The monoisotopic (exact) mass is 609 g/mol. The maximum absolute atomic E-state index is 14.0. The minimum Gasteiger partial charge on any atom is -0.379 e. The van der Waals surface area contributed by atoms with Crippen molar-refractivity contribution in [2.45, 2.75) is 111 Å². The molecule has 0 spiro atoms. The molecule has 3 amide bonds. The van der Waals surface area contributed by atoms with Gasteiger partial charge in [-0.2, -0.15) is 0 Å². The largest absolute Gasteiger partial charge is 0.379 e. The topological polar surface area (TPSA) is 132 Å². The molecule has 0 bridgehead atoms. The van der Waals surface area contributed by atoms with Crippen LogP contribution >= 0.6 is 0 Å². The predicted octanol–water partition coefficient (Wildman–Crippen LogP) is 2.85. The van der Waals surface area contributed by atoms with Crippen molar-refractivity contribution in [2.24, 2.45) is 23.7 Å². The average Bonchev–Trinajstić information content (AvgIpc) is 3.43. The first kappa shape index (κ1) is 38.7. The number of hydrogen-bond acceptors (Lipinski definition) is 8. The van der Waals surface area contributed by atoms with Crippen molar-refractivity contribution in [1.82, 2.24) is 20.0 Å². The maximum Gasteiger partial charge on any atom is 0.245 e. The van der Waals surface area contributed by atoms with Crippen LogP contribution in [0.5, 0.6) is 0 Å². The lowest BCUT2D eigenvalue weighted by Gasteiger charge is -2.41. The fraction of sp³-hybridized carbons (Fsp3) is 0.844. The number of amides is 3. The van der Waals surface area contributed by atoms with E-state index in [4.69, 9.17) is 14.9 Å². The highest BCUT2D eigenvalue weighted by Crippen LogP contribution is 2.29. The number of rotatable bonds is 18. The van der Waals surface area contributed by atoms with Crippen LogP contribution in [0.15, 0.2) is 0 Å². The molecule has 8 atom stereocenters. The molecule has 1 rings (SSSR count). The number of Topliss-reactive ketones (excluding diaryl/α,β-unsaturated/α-hetero) is 1. The van der Waals surface area contributed by atoms with Crippen molar-refractivity contribution in [2.75, 3.05) is 41.9 Å². The summed E-state index contributed by atoms with van der Waals surface area (Å²) >= 11 is 0. The number of likely N-dealkylation sites (tertiary alicyclic amines) is 1. The second-order valence-electron chi connectivity index (χ2n) is 13.0. The summed E-state index contributed by atoms with van der Waals surface area (Å²) in [5.74, 6) is -1.52. The van der Waals surface area contributed by atoms with Crippen molar-refractivity contribution < 1.29 is 28.7 Å². The first-order chi connectivity index (χ1) is 20.1. The molecule has 1 fully saturated rings. The Morgan fingerprint density at radius 2 is 1.60 bits per heavy atom. The van der Waals surface area contributed by atoms with Gasteiger partial charge < -0.3 is 30.0 Å². The molecule has 11 nitrogen and oxygen atoms in total. The summed E-state index contributed by atoms with van der Waals surface area (Å²) < 4.78 is 11.6. The van der Waals surface area contributed by atoms with Gasteiger partial charge in [0, 0.05) is 33.7 Å². The average molecular weight is 610 g/mol. The van der Waals surface area contributed by atoms with Crippen LogP contribution in [0, 0.1) is 29.1 Å². The first-order valence-electron chi connectivity index (χ1n) is 15.7. The fourth-order valence-electron chi connectivity index (χ4n) is 6.56. The second-order valence-corrected chi connectivity index (χ2v) is 13.0. The number of nitrogens with zero attached hydrogens (tertiary/aromatic N) is 3. The Morgan fingerprint density at radius 1 is 1.00 bits per heavy atom. The number of likely N-dealkylation sites (N-methyl/N-ethyl adjacent to an activating group) is 2. The Labute approximate surface area is 259 Å². The number of carbonyl (C=O) groups is 4. The molecule has 1 saturated heterocycles. The lowest BCUT2D eigenvalue weighted by atomic mass is 9.89. The van der Waals surface area contributed by atoms with E-state index in [0.717, 1.165) is 19.1 Å². The van der Waals surface area contributed by atoms with Crippen LogP contribution in [0.1, 0.15) is 74.1 Å². The summed E-state index contributed by atoms with van der Waals surface area (Å²) in [4.78, 5) is 58.7. The molecule has 43 heavy (non-hydrogen) atoms. The van der Waals surface area contributed by atoms with Gasteiger partial charge >= 0.3 is 0 Å². The molecule has 2 N–H and O–H groups in total. The quantitative estimate of drug-likeness (QED) is 0.229. The molecule has 1 heterocycles. The summed E-state index contributed by atoms with van der Waals surface area (Å²) in [6, 6.07) is -1.83. The van der Waals surface area contributed by atoms with Crippen molar-refractivity contribution in [3.63, 3.8) is 0 Å². The van der Waals surface area contributed by atoms with E-state index in [2.05, 4.69) is 5.32 Å². The van der Waals surface area contributed by atoms with E-state index in [0.29, 0.717) is 13.0 Å². The molecule has 1 aliphatic heterocycles. The number of ketones is 1. The minimum atomic E-state index is -0.739. The summed E-state index contributed by atoms with van der Waals surface area (Å²) in [6.45, 7) is 14.1. The summed E-state index contributed by atoms with van der Waals surface area (Å²) in [5.41, 5.74) is 0. The number of hydrogen-bond donors (Lipinski definition) is 2. The molecular formula is C32H59N5O6. The van der Waals surface area contributed by atoms with Gasteiger partial charge in [0.2, 0.25) is 17.7 Å². The Hall–Kier alpha value is -2.37. The highest BCUT2D eigenvalue weighted by atomic mass is 16.5. The predicted molar refractivity (Wildman–Crippen MR) is 169 cm³/mol. The van der Waals surface area contributed by atoms with Crippen molar-refractivity contribution in [1.29, 1.82) is 5.41 Å².